The van der Waals surface area contributed by atoms with Gasteiger partial charge in [0, 0.05) is 6.07 Å². The number of sulfonamides is 2. The summed E-state index contributed by atoms with van der Waals surface area (Å²) in [5, 5.41) is 19.2. The maximum absolute atomic E-state index is 13.8. The van der Waals surface area contributed by atoms with E-state index in [0.29, 0.717) is 11.5 Å². The number of hydrogen-bond donors (Lipinski definition) is 0. The Balaban J connectivity index is 1.84. The summed E-state index contributed by atoms with van der Waals surface area (Å²) in [4.78, 5) is -0.183. The molecule has 0 heterocycles. The molecular formula is C31H28N4O7S2. The summed E-state index contributed by atoms with van der Waals surface area (Å²) in [6.07, 6.45) is 0. The maximum Gasteiger partial charge on any atom is 0.265 e. The topological polar surface area (TPSA) is 150 Å². The van der Waals surface area contributed by atoms with E-state index in [0.717, 1.165) is 14.2 Å². The van der Waals surface area contributed by atoms with E-state index in [1.54, 1.807) is 12.1 Å². The van der Waals surface area contributed by atoms with Gasteiger partial charge >= 0.3 is 0 Å². The highest BCUT2D eigenvalue weighted by atomic mass is 32.2. The fourth-order valence-corrected chi connectivity index (χ4v) is 6.93. The van der Waals surface area contributed by atoms with Crippen molar-refractivity contribution in [3.8, 4) is 29.4 Å². The molecule has 0 amide bonds. The Morgan fingerprint density at radius 3 is 1.66 bits per heavy atom. The van der Waals surface area contributed by atoms with Crippen molar-refractivity contribution in [3.63, 3.8) is 0 Å². The zero-order valence-electron chi connectivity index (χ0n) is 23.8. The Bertz CT molecular complexity index is 1890. The monoisotopic (exact) mass is 632 g/mol. The second-order valence-corrected chi connectivity index (χ2v) is 12.8. The van der Waals surface area contributed by atoms with Gasteiger partial charge in [0.25, 0.3) is 20.0 Å². The number of hydrogen-bond acceptors (Lipinski definition) is 9. The molecule has 226 valence electrons. The fraction of sp³-hybridized carbons (Fsp3) is 0.161. The summed E-state index contributed by atoms with van der Waals surface area (Å²) in [7, 11) is -5.63. The highest BCUT2D eigenvalue weighted by Gasteiger charge is 2.30. The second kappa shape index (κ2) is 13.8. The summed E-state index contributed by atoms with van der Waals surface area (Å²) in [5.74, 6) is 0.877. The Labute approximate surface area is 256 Å². The Kier molecular flexibility index (Phi) is 9.95. The van der Waals surface area contributed by atoms with Crippen molar-refractivity contribution in [2.24, 2.45) is 0 Å². The lowest BCUT2D eigenvalue weighted by atomic mass is 10.2. The predicted octanol–water partition coefficient (Wildman–Crippen LogP) is 4.72. The quantitative estimate of drug-likeness (QED) is 0.191. The Morgan fingerprint density at radius 2 is 1.16 bits per heavy atom. The van der Waals surface area contributed by atoms with Crippen LogP contribution in [0.25, 0.3) is 0 Å². The molecule has 0 aliphatic rings. The molecule has 0 radical (unpaired) electrons. The molecule has 11 nitrogen and oxygen atoms in total. The number of rotatable bonds is 13. The molecule has 13 heteroatoms. The molecule has 0 saturated heterocycles. The molecule has 0 aliphatic heterocycles. The van der Waals surface area contributed by atoms with Crippen molar-refractivity contribution in [2.45, 2.75) is 16.4 Å². The van der Waals surface area contributed by atoms with Gasteiger partial charge in [-0.15, -0.1) is 0 Å². The number of nitriles is 2. The highest BCUT2D eigenvalue weighted by Crippen LogP contribution is 2.38. The van der Waals surface area contributed by atoms with Crippen molar-refractivity contribution in [1.82, 2.24) is 0 Å². The molecule has 4 aromatic rings. The van der Waals surface area contributed by atoms with Crippen LogP contribution in [-0.2, 0) is 26.7 Å². The predicted molar refractivity (Wildman–Crippen MR) is 163 cm³/mol. The smallest absolute Gasteiger partial charge is 0.265 e. The molecule has 44 heavy (non-hydrogen) atoms. The maximum atomic E-state index is 13.8. The summed E-state index contributed by atoms with van der Waals surface area (Å²) in [5.41, 5.74) is 0.808. The molecule has 0 fully saturated rings. The summed E-state index contributed by atoms with van der Waals surface area (Å²) < 4.78 is 73.0. The summed E-state index contributed by atoms with van der Waals surface area (Å²) in [6.45, 7) is -1.11. The Hall–Kier alpha value is -5.24. The van der Waals surface area contributed by atoms with E-state index in [4.69, 9.17) is 14.2 Å². The van der Waals surface area contributed by atoms with Crippen molar-refractivity contribution in [2.75, 3.05) is 35.9 Å². The van der Waals surface area contributed by atoms with E-state index in [1.807, 2.05) is 30.3 Å². The van der Waals surface area contributed by atoms with Crippen molar-refractivity contribution in [3.05, 3.63) is 103 Å². The molecule has 0 aromatic heterocycles. The average Bonchev–Trinajstić information content (AvgIpc) is 3.05. The SMILES string of the molecule is COc1ccc(S(=O)(=O)N(CC#N)c2ccc(N(CC#N)S(=O)(=O)c3ccc(OC)cc3)c(OCc3ccccc3)c2)cc1. The lowest BCUT2D eigenvalue weighted by Crippen LogP contribution is -2.33. The lowest BCUT2D eigenvalue weighted by Gasteiger charge is -2.27. The van der Waals surface area contributed by atoms with Crippen LogP contribution in [-0.4, -0.2) is 44.1 Å². The van der Waals surface area contributed by atoms with Gasteiger partial charge < -0.3 is 14.2 Å². The van der Waals surface area contributed by atoms with Crippen LogP contribution < -0.4 is 22.8 Å². The average molecular weight is 633 g/mol. The van der Waals surface area contributed by atoms with Gasteiger partial charge in [-0.3, -0.25) is 4.31 Å². The Morgan fingerprint density at radius 1 is 0.659 bits per heavy atom. The van der Waals surface area contributed by atoms with E-state index < -0.39 is 33.1 Å². The minimum atomic E-state index is -4.29. The number of anilines is 2. The van der Waals surface area contributed by atoms with Gasteiger partial charge in [-0.05, 0) is 66.2 Å². The molecule has 0 unspecified atom stereocenters. The van der Waals surface area contributed by atoms with E-state index >= 15 is 0 Å². The third kappa shape index (κ3) is 6.86. The standard InChI is InChI=1S/C31H28N4O7S2/c1-40-26-9-13-28(14-10-26)43(36,37)34(20-18-32)25-8-17-30(31(22-25)42-23-24-6-4-3-5-7-24)35(21-19-33)44(38,39)29-15-11-27(41-2)12-16-29/h3-17,22H,20-21,23H2,1-2H3. The minimum Gasteiger partial charge on any atom is -0.497 e. The molecule has 4 aromatic carbocycles. The first-order valence-electron chi connectivity index (χ1n) is 13.0. The first-order valence-corrected chi connectivity index (χ1v) is 15.9. The van der Waals surface area contributed by atoms with Crippen LogP contribution in [0.2, 0.25) is 0 Å². The molecule has 0 atom stereocenters. The van der Waals surface area contributed by atoms with E-state index in [1.165, 1.54) is 80.9 Å². The van der Waals surface area contributed by atoms with Crippen LogP contribution in [0.3, 0.4) is 0 Å². The van der Waals surface area contributed by atoms with Gasteiger partial charge in [-0.2, -0.15) is 10.5 Å². The molecular weight excluding hydrogens is 604 g/mol. The van der Waals surface area contributed by atoms with E-state index in [-0.39, 0.29) is 33.5 Å². The highest BCUT2D eigenvalue weighted by molar-refractivity contribution is 7.93. The third-order valence-corrected chi connectivity index (χ3v) is 10.0. The molecule has 0 aliphatic carbocycles. The summed E-state index contributed by atoms with van der Waals surface area (Å²) in [6, 6.07) is 28.2. The van der Waals surface area contributed by atoms with Gasteiger partial charge in [-0.25, -0.2) is 21.1 Å². The van der Waals surface area contributed by atoms with Crippen molar-refractivity contribution >= 4 is 31.4 Å². The first-order chi connectivity index (χ1) is 21.1. The molecule has 0 bridgehead atoms. The van der Waals surface area contributed by atoms with Crippen LogP contribution in [0.15, 0.2) is 107 Å². The third-order valence-electron chi connectivity index (χ3n) is 6.46. The largest absolute Gasteiger partial charge is 0.497 e. The minimum absolute atomic E-state index is 0.000743. The summed E-state index contributed by atoms with van der Waals surface area (Å²) >= 11 is 0. The van der Waals surface area contributed by atoms with Crippen molar-refractivity contribution < 1.29 is 31.0 Å². The molecule has 0 N–H and O–H groups in total. The van der Waals surface area contributed by atoms with E-state index in [9.17, 15) is 27.4 Å². The van der Waals surface area contributed by atoms with Gasteiger partial charge in [0.2, 0.25) is 0 Å². The lowest BCUT2D eigenvalue weighted by molar-refractivity contribution is 0.307. The number of nitrogens with zero attached hydrogens (tertiary/aromatic N) is 4. The van der Waals surface area contributed by atoms with E-state index in [2.05, 4.69) is 0 Å². The van der Waals surface area contributed by atoms with Gasteiger partial charge in [0.05, 0.1) is 47.5 Å². The molecule has 0 spiro atoms. The van der Waals surface area contributed by atoms with Gasteiger partial charge in [0.1, 0.15) is 36.9 Å². The van der Waals surface area contributed by atoms with Crippen LogP contribution in [0.4, 0.5) is 11.4 Å². The van der Waals surface area contributed by atoms with Crippen molar-refractivity contribution in [1.29, 1.82) is 10.5 Å². The molecule has 0 saturated carbocycles. The number of ether oxygens (including phenoxy) is 3. The van der Waals surface area contributed by atoms with Crippen LogP contribution in [0.1, 0.15) is 5.56 Å². The van der Waals surface area contributed by atoms with Crippen LogP contribution in [0, 0.1) is 22.7 Å². The normalized spacial score (nSPS) is 11.1. The van der Waals surface area contributed by atoms with Crippen LogP contribution >= 0.6 is 0 Å². The first kappa shape index (κ1) is 31.7. The van der Waals surface area contributed by atoms with Gasteiger partial charge in [0.15, 0.2) is 0 Å². The zero-order chi connectivity index (χ0) is 31.7. The second-order valence-electron chi connectivity index (χ2n) is 9.12. The zero-order valence-corrected chi connectivity index (χ0v) is 25.5. The van der Waals surface area contributed by atoms with Gasteiger partial charge in [-0.1, -0.05) is 30.3 Å². The molecule has 4 rings (SSSR count). The fourth-order valence-electron chi connectivity index (χ4n) is 4.21. The number of benzene rings is 4. The van der Waals surface area contributed by atoms with Crippen LogP contribution in [0.5, 0.6) is 17.2 Å². The number of methoxy groups -OCH3 is 2.